The van der Waals surface area contributed by atoms with Gasteiger partial charge < -0.3 is 4.79 Å². The maximum Gasteiger partial charge on any atom is 0.120 e. The first-order valence-electron chi connectivity index (χ1n) is 5.15. The molecule has 1 unspecified atom stereocenters. The maximum atomic E-state index is 10.5. The smallest absolute Gasteiger partial charge is 0.120 e. The lowest BCUT2D eigenvalue weighted by Crippen LogP contribution is -2.22. The molecule has 0 aromatic rings. The highest BCUT2D eigenvalue weighted by Crippen LogP contribution is 2.33. The van der Waals surface area contributed by atoms with Gasteiger partial charge >= 0.3 is 0 Å². The first-order chi connectivity index (χ1) is 6.08. The van der Waals surface area contributed by atoms with E-state index in [2.05, 4.69) is 27.4 Å². The van der Waals surface area contributed by atoms with E-state index in [0.29, 0.717) is 12.3 Å². The van der Waals surface area contributed by atoms with Gasteiger partial charge in [0.15, 0.2) is 0 Å². The van der Waals surface area contributed by atoms with Crippen LogP contribution in [-0.4, -0.2) is 6.29 Å². The van der Waals surface area contributed by atoms with Gasteiger partial charge in [-0.15, -0.1) is 6.58 Å². The molecule has 0 bridgehead atoms. The Morgan fingerprint density at radius 3 is 2.46 bits per heavy atom. The van der Waals surface area contributed by atoms with Crippen LogP contribution in [0.2, 0.25) is 0 Å². The molecule has 0 heterocycles. The van der Waals surface area contributed by atoms with Gasteiger partial charge in [-0.05, 0) is 17.8 Å². The van der Waals surface area contributed by atoms with Crippen molar-refractivity contribution in [2.75, 3.05) is 0 Å². The summed E-state index contributed by atoms with van der Waals surface area (Å²) in [5, 5.41) is 0. The van der Waals surface area contributed by atoms with E-state index in [-0.39, 0.29) is 5.41 Å². The third-order valence-electron chi connectivity index (χ3n) is 2.87. The van der Waals surface area contributed by atoms with Crippen molar-refractivity contribution < 1.29 is 4.79 Å². The lowest BCUT2D eigenvalue weighted by molar-refractivity contribution is -0.109. The van der Waals surface area contributed by atoms with E-state index in [1.807, 2.05) is 6.08 Å². The quantitative estimate of drug-likeness (QED) is 0.434. The molecule has 76 valence electrons. The van der Waals surface area contributed by atoms with Crippen LogP contribution in [0.3, 0.4) is 0 Å². The topological polar surface area (TPSA) is 17.1 Å². The normalized spacial score (nSPS) is 13.8. The van der Waals surface area contributed by atoms with E-state index < -0.39 is 0 Å². The van der Waals surface area contributed by atoms with Crippen LogP contribution in [0.25, 0.3) is 0 Å². The summed E-state index contributed by atoms with van der Waals surface area (Å²) in [7, 11) is 0. The molecule has 1 heteroatoms. The first kappa shape index (κ1) is 12.4. The van der Waals surface area contributed by atoms with Gasteiger partial charge in [-0.25, -0.2) is 0 Å². The zero-order valence-electron chi connectivity index (χ0n) is 9.18. The average Bonchev–Trinajstić information content (AvgIpc) is 2.12. The van der Waals surface area contributed by atoms with Crippen molar-refractivity contribution in [3.8, 4) is 0 Å². The summed E-state index contributed by atoms with van der Waals surface area (Å²) >= 11 is 0. The number of aldehydes is 1. The van der Waals surface area contributed by atoms with Crippen molar-refractivity contribution in [3.63, 3.8) is 0 Å². The Balaban J connectivity index is 4.21. The van der Waals surface area contributed by atoms with E-state index in [4.69, 9.17) is 0 Å². The van der Waals surface area contributed by atoms with Gasteiger partial charge in [0.1, 0.15) is 6.29 Å². The maximum absolute atomic E-state index is 10.5. The predicted octanol–water partition coefficient (Wildman–Crippen LogP) is 3.59. The van der Waals surface area contributed by atoms with Gasteiger partial charge in [-0.2, -0.15) is 0 Å². The summed E-state index contributed by atoms with van der Waals surface area (Å²) in [5.41, 5.74) is 0.0933. The third kappa shape index (κ3) is 4.25. The van der Waals surface area contributed by atoms with Gasteiger partial charge in [0.05, 0.1) is 0 Å². The monoisotopic (exact) mass is 182 g/mol. The average molecular weight is 182 g/mol. The molecule has 1 atom stereocenters. The fourth-order valence-electron chi connectivity index (χ4n) is 1.53. The summed E-state index contributed by atoms with van der Waals surface area (Å²) in [6.07, 6.45) is 7.20. The molecule has 0 saturated heterocycles. The van der Waals surface area contributed by atoms with Gasteiger partial charge in [-0.3, -0.25) is 0 Å². The third-order valence-corrected chi connectivity index (χ3v) is 2.87. The minimum Gasteiger partial charge on any atom is -0.303 e. The molecule has 0 aliphatic carbocycles. The molecule has 13 heavy (non-hydrogen) atoms. The van der Waals surface area contributed by atoms with Crippen LogP contribution in [0.4, 0.5) is 0 Å². The van der Waals surface area contributed by atoms with Crippen molar-refractivity contribution in [3.05, 3.63) is 12.7 Å². The second kappa shape index (κ2) is 5.95. The number of hydrogen-bond donors (Lipinski definition) is 0. The molecule has 0 aliphatic rings. The van der Waals surface area contributed by atoms with E-state index in [9.17, 15) is 4.79 Å². The highest BCUT2D eigenvalue weighted by Gasteiger charge is 2.25. The highest BCUT2D eigenvalue weighted by molar-refractivity contribution is 5.50. The molecule has 0 spiro atoms. The van der Waals surface area contributed by atoms with E-state index in [1.54, 1.807) is 0 Å². The molecule has 0 rings (SSSR count). The van der Waals surface area contributed by atoms with Gasteiger partial charge in [-0.1, -0.05) is 39.7 Å². The van der Waals surface area contributed by atoms with Crippen molar-refractivity contribution >= 4 is 6.29 Å². The summed E-state index contributed by atoms with van der Waals surface area (Å²) < 4.78 is 0. The molecule has 0 amide bonds. The number of unbranched alkanes of at least 4 members (excludes halogenated alkanes) is 1. The molecule has 0 saturated carbocycles. The Bertz CT molecular complexity index is 159. The summed E-state index contributed by atoms with van der Waals surface area (Å²) in [5.74, 6) is 0.461. The standard InChI is InChI=1S/C12H22O/c1-5-7-8-11(9-10-13)12(3,4)6-2/h6,10-11H,2,5,7-9H2,1,3-4H3. The SMILES string of the molecule is C=CC(C)(C)C(CC=O)CCCC. The van der Waals surface area contributed by atoms with Crippen molar-refractivity contribution in [2.24, 2.45) is 11.3 Å². The second-order valence-electron chi connectivity index (χ2n) is 4.27. The lowest BCUT2D eigenvalue weighted by atomic mass is 9.75. The molecule has 0 aromatic carbocycles. The number of rotatable bonds is 7. The Labute approximate surface area is 82.2 Å². The van der Waals surface area contributed by atoms with Gasteiger partial charge in [0.25, 0.3) is 0 Å². The molecular weight excluding hydrogens is 160 g/mol. The zero-order valence-corrected chi connectivity index (χ0v) is 9.18. The zero-order chi connectivity index (χ0) is 10.3. The number of allylic oxidation sites excluding steroid dienone is 1. The molecule has 0 fully saturated rings. The van der Waals surface area contributed by atoms with Crippen LogP contribution in [0.15, 0.2) is 12.7 Å². The van der Waals surface area contributed by atoms with Crippen LogP contribution in [-0.2, 0) is 4.79 Å². The Morgan fingerprint density at radius 2 is 2.08 bits per heavy atom. The molecule has 0 N–H and O–H groups in total. The Morgan fingerprint density at radius 1 is 1.46 bits per heavy atom. The molecule has 0 aliphatic heterocycles. The number of carbonyl (C=O) groups excluding carboxylic acids is 1. The van der Waals surface area contributed by atoms with Crippen LogP contribution in [0, 0.1) is 11.3 Å². The summed E-state index contributed by atoms with van der Waals surface area (Å²) in [6, 6.07) is 0. The fraction of sp³-hybridized carbons (Fsp3) is 0.750. The van der Waals surface area contributed by atoms with Crippen LogP contribution >= 0.6 is 0 Å². The number of hydrogen-bond acceptors (Lipinski definition) is 1. The second-order valence-corrected chi connectivity index (χ2v) is 4.27. The van der Waals surface area contributed by atoms with Crippen LogP contribution in [0.5, 0.6) is 0 Å². The van der Waals surface area contributed by atoms with Gasteiger partial charge in [0, 0.05) is 6.42 Å². The van der Waals surface area contributed by atoms with Crippen LogP contribution < -0.4 is 0 Å². The first-order valence-corrected chi connectivity index (χ1v) is 5.15. The molecule has 1 nitrogen and oxygen atoms in total. The highest BCUT2D eigenvalue weighted by atomic mass is 16.1. The molecular formula is C12H22O. The minimum atomic E-state index is 0.0933. The van der Waals surface area contributed by atoms with Gasteiger partial charge in [0.2, 0.25) is 0 Å². The predicted molar refractivity (Wildman–Crippen MR) is 57.7 cm³/mol. The molecule has 0 radical (unpaired) electrons. The Hall–Kier alpha value is -0.590. The van der Waals surface area contributed by atoms with Crippen molar-refractivity contribution in [1.82, 2.24) is 0 Å². The summed E-state index contributed by atoms with van der Waals surface area (Å²) in [4.78, 5) is 10.5. The summed E-state index contributed by atoms with van der Waals surface area (Å²) in [6.45, 7) is 10.3. The lowest BCUT2D eigenvalue weighted by Gasteiger charge is -2.30. The van der Waals surface area contributed by atoms with Crippen molar-refractivity contribution in [1.29, 1.82) is 0 Å². The van der Waals surface area contributed by atoms with E-state index in [0.717, 1.165) is 12.7 Å². The van der Waals surface area contributed by atoms with Crippen molar-refractivity contribution in [2.45, 2.75) is 46.5 Å². The van der Waals surface area contributed by atoms with Crippen LogP contribution in [0.1, 0.15) is 46.5 Å². The number of carbonyl (C=O) groups is 1. The van der Waals surface area contributed by atoms with E-state index >= 15 is 0 Å². The minimum absolute atomic E-state index is 0.0933. The largest absolute Gasteiger partial charge is 0.303 e. The molecule has 0 aromatic heterocycles. The Kier molecular flexibility index (Phi) is 5.68. The van der Waals surface area contributed by atoms with E-state index in [1.165, 1.54) is 12.8 Å². The fourth-order valence-corrected chi connectivity index (χ4v) is 1.53.